The smallest absolute Gasteiger partial charge is 0.337 e. The van der Waals surface area contributed by atoms with E-state index in [2.05, 4.69) is 26.6 Å². The van der Waals surface area contributed by atoms with E-state index < -0.39 is 11.9 Å². The average Bonchev–Trinajstić information content (AvgIpc) is 2.61. The first-order chi connectivity index (χ1) is 12.8. The quantitative estimate of drug-likeness (QED) is 0.287. The molecule has 0 unspecified atom stereocenters. The lowest BCUT2D eigenvalue weighted by Gasteiger charge is -2.11. The number of nitrogens with one attached hydrogen (secondary N) is 2. The fourth-order valence-electron chi connectivity index (χ4n) is 2.11. The molecule has 0 aliphatic carbocycles. The summed E-state index contributed by atoms with van der Waals surface area (Å²) in [6, 6.07) is 10.2. The lowest BCUT2D eigenvalue weighted by Crippen LogP contribution is -2.33. The molecule has 3 N–H and O–H groups in total. The second-order valence-electron chi connectivity index (χ2n) is 5.16. The SMILES string of the molecule is COc1ccc(Br)cc1C=CC(=O)NC(=S)Nc1ccc(I)cc1C(=O)O. The van der Waals surface area contributed by atoms with Crippen LogP contribution in [0.3, 0.4) is 0 Å². The van der Waals surface area contributed by atoms with Gasteiger partial charge < -0.3 is 15.2 Å². The van der Waals surface area contributed by atoms with Gasteiger partial charge in [-0.2, -0.15) is 0 Å². The zero-order valence-electron chi connectivity index (χ0n) is 14.0. The molecule has 0 saturated heterocycles. The summed E-state index contributed by atoms with van der Waals surface area (Å²) in [5.41, 5.74) is 1.07. The van der Waals surface area contributed by atoms with Gasteiger partial charge in [-0.3, -0.25) is 10.1 Å². The van der Waals surface area contributed by atoms with Crippen LogP contribution < -0.4 is 15.4 Å². The summed E-state index contributed by atoms with van der Waals surface area (Å²) in [6.07, 6.45) is 2.90. The molecule has 27 heavy (non-hydrogen) atoms. The van der Waals surface area contributed by atoms with Crippen LogP contribution in [0.15, 0.2) is 46.9 Å². The molecule has 9 heteroatoms. The number of hydrogen-bond donors (Lipinski definition) is 3. The van der Waals surface area contributed by atoms with Crippen molar-refractivity contribution in [3.63, 3.8) is 0 Å². The highest BCUT2D eigenvalue weighted by Crippen LogP contribution is 2.24. The van der Waals surface area contributed by atoms with E-state index in [9.17, 15) is 14.7 Å². The van der Waals surface area contributed by atoms with Gasteiger partial charge in [0.2, 0.25) is 5.91 Å². The molecule has 140 valence electrons. The maximum absolute atomic E-state index is 12.1. The Hall–Kier alpha value is -1.98. The minimum atomic E-state index is -1.09. The minimum Gasteiger partial charge on any atom is -0.496 e. The Labute approximate surface area is 183 Å². The molecule has 0 bridgehead atoms. The number of carbonyl (C=O) groups excluding carboxylic acids is 1. The van der Waals surface area contributed by atoms with Crippen LogP contribution in [-0.4, -0.2) is 29.2 Å². The van der Waals surface area contributed by atoms with E-state index in [1.165, 1.54) is 12.1 Å². The molecule has 2 rings (SSSR count). The largest absolute Gasteiger partial charge is 0.496 e. The van der Waals surface area contributed by atoms with E-state index in [0.717, 1.165) is 8.04 Å². The van der Waals surface area contributed by atoms with Crippen molar-refractivity contribution in [2.45, 2.75) is 0 Å². The predicted octanol–water partition coefficient (Wildman–Crippen LogP) is 4.29. The second-order valence-corrected chi connectivity index (χ2v) is 7.73. The summed E-state index contributed by atoms with van der Waals surface area (Å²) in [5, 5.41) is 14.5. The summed E-state index contributed by atoms with van der Waals surface area (Å²) < 4.78 is 6.86. The van der Waals surface area contributed by atoms with Crippen molar-refractivity contribution in [3.05, 3.63) is 61.6 Å². The highest BCUT2D eigenvalue weighted by atomic mass is 127. The van der Waals surface area contributed by atoms with Crippen molar-refractivity contribution in [2.75, 3.05) is 12.4 Å². The summed E-state index contributed by atoms with van der Waals surface area (Å²) in [4.78, 5) is 23.4. The number of carboxylic acids is 1. The molecule has 6 nitrogen and oxygen atoms in total. The minimum absolute atomic E-state index is 0.00503. The first kappa shape index (κ1) is 21.3. The van der Waals surface area contributed by atoms with Gasteiger partial charge >= 0.3 is 5.97 Å². The highest BCUT2D eigenvalue weighted by Gasteiger charge is 2.12. The van der Waals surface area contributed by atoms with Gasteiger partial charge in [0, 0.05) is 19.7 Å². The van der Waals surface area contributed by atoms with Gasteiger partial charge in [0.15, 0.2) is 5.11 Å². The maximum atomic E-state index is 12.1. The summed E-state index contributed by atoms with van der Waals surface area (Å²) >= 11 is 10.5. The zero-order valence-corrected chi connectivity index (χ0v) is 18.5. The summed E-state index contributed by atoms with van der Waals surface area (Å²) in [5.74, 6) is -0.934. The molecule has 2 aromatic rings. The van der Waals surface area contributed by atoms with Gasteiger partial charge in [-0.15, -0.1) is 0 Å². The van der Waals surface area contributed by atoms with Gasteiger partial charge in [0.05, 0.1) is 18.4 Å². The number of aromatic carboxylic acids is 1. The number of anilines is 1. The molecule has 1 amide bonds. The summed E-state index contributed by atoms with van der Waals surface area (Å²) in [6.45, 7) is 0. The Kier molecular flexibility index (Phi) is 7.75. The van der Waals surface area contributed by atoms with E-state index in [1.54, 1.807) is 31.4 Å². The molecule has 0 aliphatic heterocycles. The molecule has 2 aromatic carbocycles. The van der Waals surface area contributed by atoms with E-state index >= 15 is 0 Å². The van der Waals surface area contributed by atoms with Crippen LogP contribution in [0, 0.1) is 3.57 Å². The third-order valence-corrected chi connectivity index (χ3v) is 4.67. The maximum Gasteiger partial charge on any atom is 0.337 e. The highest BCUT2D eigenvalue weighted by molar-refractivity contribution is 14.1. The van der Waals surface area contributed by atoms with Crippen LogP contribution in [0.2, 0.25) is 0 Å². The molecule has 0 fully saturated rings. The Bertz CT molecular complexity index is 934. The number of benzene rings is 2. The zero-order chi connectivity index (χ0) is 20.0. The number of rotatable bonds is 5. The molecule has 0 heterocycles. The Morgan fingerprint density at radius 2 is 2.00 bits per heavy atom. The van der Waals surface area contributed by atoms with E-state index in [-0.39, 0.29) is 10.7 Å². The van der Waals surface area contributed by atoms with Crippen molar-refractivity contribution in [3.8, 4) is 5.75 Å². The van der Waals surface area contributed by atoms with Crippen molar-refractivity contribution in [2.24, 2.45) is 0 Å². The first-order valence-corrected chi connectivity index (χ1v) is 9.74. The Morgan fingerprint density at radius 1 is 1.26 bits per heavy atom. The van der Waals surface area contributed by atoms with Crippen LogP contribution >= 0.6 is 50.7 Å². The average molecular weight is 561 g/mol. The Balaban J connectivity index is 2.06. The number of ether oxygens (including phenoxy) is 1. The molecule has 0 spiro atoms. The third kappa shape index (κ3) is 6.29. The van der Waals surface area contributed by atoms with Crippen LogP contribution in [0.5, 0.6) is 5.75 Å². The number of methoxy groups -OCH3 is 1. The standard InChI is InChI=1S/C18H14BrIN2O4S/c1-26-15-6-3-11(19)8-10(15)2-7-16(23)22-18(27)21-14-5-4-12(20)9-13(14)17(24)25/h2-9H,1H3,(H,24,25)(H2,21,22,23,27). The van der Waals surface area contributed by atoms with Crippen LogP contribution in [0.25, 0.3) is 6.08 Å². The van der Waals surface area contributed by atoms with E-state index in [1.807, 2.05) is 34.7 Å². The molecule has 0 aliphatic rings. The van der Waals surface area contributed by atoms with Crippen LogP contribution in [0.4, 0.5) is 5.69 Å². The fraction of sp³-hybridized carbons (Fsp3) is 0.0556. The lowest BCUT2D eigenvalue weighted by molar-refractivity contribution is -0.115. The van der Waals surface area contributed by atoms with E-state index in [4.69, 9.17) is 17.0 Å². The second kappa shape index (κ2) is 9.81. The monoisotopic (exact) mass is 560 g/mol. The van der Waals surface area contributed by atoms with Gasteiger partial charge in [-0.1, -0.05) is 15.9 Å². The van der Waals surface area contributed by atoms with Gasteiger partial charge in [0.25, 0.3) is 0 Å². The van der Waals surface area contributed by atoms with Crippen LogP contribution in [-0.2, 0) is 4.79 Å². The molecule has 0 saturated carbocycles. The normalized spacial score (nSPS) is 10.5. The first-order valence-electron chi connectivity index (χ1n) is 7.46. The van der Waals surface area contributed by atoms with Gasteiger partial charge in [-0.05, 0) is 77.3 Å². The number of thiocarbonyl (C=S) groups is 1. The number of hydrogen-bond acceptors (Lipinski definition) is 4. The molecule has 0 atom stereocenters. The lowest BCUT2D eigenvalue weighted by atomic mass is 10.2. The molecular weight excluding hydrogens is 547 g/mol. The number of carbonyl (C=O) groups is 2. The molecular formula is C18H14BrIN2O4S. The van der Waals surface area contributed by atoms with Crippen molar-refractivity contribution in [1.29, 1.82) is 0 Å². The fourth-order valence-corrected chi connectivity index (χ4v) is 3.19. The predicted molar refractivity (Wildman–Crippen MR) is 120 cm³/mol. The number of halogens is 2. The number of carboxylic acid groups (broad SMARTS) is 1. The Morgan fingerprint density at radius 3 is 2.67 bits per heavy atom. The molecule has 0 aromatic heterocycles. The topological polar surface area (TPSA) is 87.7 Å². The molecule has 0 radical (unpaired) electrons. The van der Waals surface area contributed by atoms with Crippen molar-refractivity contribution >= 4 is 79.5 Å². The van der Waals surface area contributed by atoms with Gasteiger partial charge in [-0.25, -0.2) is 4.79 Å². The summed E-state index contributed by atoms with van der Waals surface area (Å²) in [7, 11) is 1.54. The van der Waals surface area contributed by atoms with E-state index in [0.29, 0.717) is 17.0 Å². The third-order valence-electron chi connectivity index (χ3n) is 3.30. The van der Waals surface area contributed by atoms with Gasteiger partial charge in [0.1, 0.15) is 5.75 Å². The van der Waals surface area contributed by atoms with Crippen molar-refractivity contribution < 1.29 is 19.4 Å². The van der Waals surface area contributed by atoms with Crippen LogP contribution in [0.1, 0.15) is 15.9 Å². The number of amides is 1. The van der Waals surface area contributed by atoms with Crippen molar-refractivity contribution in [1.82, 2.24) is 5.32 Å².